The van der Waals surface area contributed by atoms with Crippen LogP contribution in [0.25, 0.3) is 33.4 Å². The standard InChI is InChI=1S/C23H20ClN5/c24-18-14-17(13-16-9-6-10-26-19(16)18)21-20(15-7-2-1-3-8-15)27-22(25)23(28-21)29-11-4-5-12-29/h1-3,6-10,13-14H,4-5,11-12H2,(H2,25,27). The first kappa shape index (κ1) is 17.9. The predicted octanol–water partition coefficient (Wildman–Crippen LogP) is 5.19. The fourth-order valence-corrected chi connectivity index (χ4v) is 4.16. The summed E-state index contributed by atoms with van der Waals surface area (Å²) in [7, 11) is 0. The van der Waals surface area contributed by atoms with Gasteiger partial charge in [0.25, 0.3) is 0 Å². The number of halogens is 1. The Morgan fingerprint density at radius 2 is 1.62 bits per heavy atom. The molecule has 2 N–H and O–H groups in total. The fraction of sp³-hybridized carbons (Fsp3) is 0.174. The van der Waals surface area contributed by atoms with Crippen LogP contribution in [-0.4, -0.2) is 28.0 Å². The second-order valence-corrected chi connectivity index (χ2v) is 7.63. The van der Waals surface area contributed by atoms with Crippen LogP contribution in [0.4, 0.5) is 11.6 Å². The van der Waals surface area contributed by atoms with Crippen LogP contribution < -0.4 is 10.6 Å². The lowest BCUT2D eigenvalue weighted by Crippen LogP contribution is -2.21. The number of anilines is 2. The van der Waals surface area contributed by atoms with Crippen LogP contribution in [0.2, 0.25) is 5.02 Å². The second kappa shape index (κ2) is 7.33. The van der Waals surface area contributed by atoms with Crippen LogP contribution in [0.3, 0.4) is 0 Å². The lowest BCUT2D eigenvalue weighted by atomic mass is 10.0. The van der Waals surface area contributed by atoms with Gasteiger partial charge in [0.05, 0.1) is 21.9 Å². The highest BCUT2D eigenvalue weighted by atomic mass is 35.5. The summed E-state index contributed by atoms with van der Waals surface area (Å²) in [6, 6.07) is 17.9. The Bertz CT molecular complexity index is 1190. The molecule has 0 aliphatic carbocycles. The number of fused-ring (bicyclic) bond motifs is 1. The summed E-state index contributed by atoms with van der Waals surface area (Å²) in [4.78, 5) is 16.4. The summed E-state index contributed by atoms with van der Waals surface area (Å²) in [6.45, 7) is 1.90. The molecule has 0 atom stereocenters. The molecule has 0 unspecified atom stereocenters. The zero-order chi connectivity index (χ0) is 19.8. The third-order valence-electron chi connectivity index (χ3n) is 5.29. The molecule has 2 aromatic carbocycles. The molecule has 2 aromatic heterocycles. The van der Waals surface area contributed by atoms with E-state index in [1.54, 1.807) is 6.20 Å². The molecule has 4 aromatic rings. The molecule has 1 saturated heterocycles. The minimum atomic E-state index is 0.461. The van der Waals surface area contributed by atoms with Gasteiger partial charge in [-0.05, 0) is 31.0 Å². The summed E-state index contributed by atoms with van der Waals surface area (Å²) in [5.74, 6) is 1.21. The molecular weight excluding hydrogens is 382 g/mol. The number of nitrogens with two attached hydrogens (primary N) is 1. The first-order valence-corrected chi connectivity index (χ1v) is 10.1. The van der Waals surface area contributed by atoms with Crippen LogP contribution in [0.5, 0.6) is 0 Å². The zero-order valence-corrected chi connectivity index (χ0v) is 16.6. The van der Waals surface area contributed by atoms with E-state index >= 15 is 0 Å². The van der Waals surface area contributed by atoms with Crippen molar-refractivity contribution < 1.29 is 0 Å². The predicted molar refractivity (Wildman–Crippen MR) is 119 cm³/mol. The van der Waals surface area contributed by atoms with Gasteiger partial charge in [-0.3, -0.25) is 4.98 Å². The molecule has 1 aliphatic rings. The molecule has 0 spiro atoms. The van der Waals surface area contributed by atoms with E-state index in [0.717, 1.165) is 65.2 Å². The number of benzene rings is 2. The van der Waals surface area contributed by atoms with Gasteiger partial charge in [-0.2, -0.15) is 0 Å². The van der Waals surface area contributed by atoms with Gasteiger partial charge >= 0.3 is 0 Å². The highest BCUT2D eigenvalue weighted by Crippen LogP contribution is 2.37. The normalized spacial score (nSPS) is 13.9. The molecule has 144 valence electrons. The number of hydrogen-bond acceptors (Lipinski definition) is 5. The molecule has 5 nitrogen and oxygen atoms in total. The number of nitrogens with zero attached hydrogens (tertiary/aromatic N) is 4. The van der Waals surface area contributed by atoms with Crippen molar-refractivity contribution in [2.75, 3.05) is 23.7 Å². The van der Waals surface area contributed by atoms with E-state index < -0.39 is 0 Å². The number of nitrogen functional groups attached to an aromatic ring is 1. The Hall–Kier alpha value is -3.18. The molecule has 1 fully saturated rings. The lowest BCUT2D eigenvalue weighted by molar-refractivity contribution is 0.933. The molecule has 5 rings (SSSR count). The van der Waals surface area contributed by atoms with Gasteiger partial charge in [-0.1, -0.05) is 48.0 Å². The first-order valence-electron chi connectivity index (χ1n) is 9.73. The first-order chi connectivity index (χ1) is 14.2. The Morgan fingerprint density at radius 1 is 0.862 bits per heavy atom. The van der Waals surface area contributed by atoms with E-state index in [9.17, 15) is 0 Å². The maximum Gasteiger partial charge on any atom is 0.172 e. The summed E-state index contributed by atoms with van der Waals surface area (Å²) >= 11 is 6.56. The van der Waals surface area contributed by atoms with Crippen LogP contribution in [0.15, 0.2) is 60.8 Å². The van der Waals surface area contributed by atoms with Crippen molar-refractivity contribution in [2.24, 2.45) is 0 Å². The molecule has 0 saturated carbocycles. The van der Waals surface area contributed by atoms with Gasteiger partial charge in [-0.25, -0.2) is 9.97 Å². The number of pyridine rings is 1. The monoisotopic (exact) mass is 401 g/mol. The molecule has 3 heterocycles. The van der Waals surface area contributed by atoms with Gasteiger partial charge in [-0.15, -0.1) is 0 Å². The van der Waals surface area contributed by atoms with Crippen molar-refractivity contribution in [2.45, 2.75) is 12.8 Å². The average Bonchev–Trinajstić information content (AvgIpc) is 3.29. The van der Waals surface area contributed by atoms with Crippen molar-refractivity contribution in [1.82, 2.24) is 15.0 Å². The van der Waals surface area contributed by atoms with Crippen molar-refractivity contribution in [3.05, 3.63) is 65.8 Å². The minimum absolute atomic E-state index is 0.461. The number of rotatable bonds is 3. The maximum absolute atomic E-state index is 6.56. The van der Waals surface area contributed by atoms with Gasteiger partial charge in [0.15, 0.2) is 11.6 Å². The Morgan fingerprint density at radius 3 is 2.41 bits per heavy atom. The van der Waals surface area contributed by atoms with Gasteiger partial charge in [0, 0.05) is 35.8 Å². The highest BCUT2D eigenvalue weighted by Gasteiger charge is 2.22. The third-order valence-corrected chi connectivity index (χ3v) is 5.58. The average molecular weight is 402 g/mol. The lowest BCUT2D eigenvalue weighted by Gasteiger charge is -2.20. The van der Waals surface area contributed by atoms with Crippen molar-refractivity contribution in [3.8, 4) is 22.5 Å². The van der Waals surface area contributed by atoms with E-state index in [1.165, 1.54) is 0 Å². The molecule has 0 amide bonds. The summed E-state index contributed by atoms with van der Waals surface area (Å²) in [6.07, 6.45) is 4.03. The molecule has 0 bridgehead atoms. The molecule has 0 radical (unpaired) electrons. The third kappa shape index (κ3) is 3.28. The SMILES string of the molecule is Nc1nc(-c2ccccc2)c(-c2cc(Cl)c3ncccc3c2)nc1N1CCCC1. The van der Waals surface area contributed by atoms with Crippen molar-refractivity contribution in [1.29, 1.82) is 0 Å². The van der Waals surface area contributed by atoms with Crippen molar-refractivity contribution >= 4 is 34.1 Å². The van der Waals surface area contributed by atoms with Gasteiger partial charge < -0.3 is 10.6 Å². The largest absolute Gasteiger partial charge is 0.381 e. The summed E-state index contributed by atoms with van der Waals surface area (Å²) < 4.78 is 0. The second-order valence-electron chi connectivity index (χ2n) is 7.22. The minimum Gasteiger partial charge on any atom is -0.381 e. The van der Waals surface area contributed by atoms with Crippen LogP contribution in [-0.2, 0) is 0 Å². The Kier molecular flexibility index (Phi) is 4.52. The molecule has 6 heteroatoms. The van der Waals surface area contributed by atoms with E-state index in [0.29, 0.717) is 10.8 Å². The van der Waals surface area contributed by atoms with Gasteiger partial charge in [0.1, 0.15) is 0 Å². The van der Waals surface area contributed by atoms with E-state index in [2.05, 4.69) is 16.0 Å². The molecular formula is C23H20ClN5. The number of hydrogen-bond donors (Lipinski definition) is 1. The molecule has 1 aliphatic heterocycles. The van der Waals surface area contributed by atoms with E-state index in [4.69, 9.17) is 27.3 Å². The quantitative estimate of drug-likeness (QED) is 0.511. The zero-order valence-electron chi connectivity index (χ0n) is 15.8. The number of aromatic nitrogens is 3. The topological polar surface area (TPSA) is 67.9 Å². The van der Waals surface area contributed by atoms with E-state index in [-0.39, 0.29) is 0 Å². The summed E-state index contributed by atoms with van der Waals surface area (Å²) in [5, 5.41) is 1.56. The Labute approximate surface area is 174 Å². The van der Waals surface area contributed by atoms with Crippen LogP contribution in [0.1, 0.15) is 12.8 Å². The van der Waals surface area contributed by atoms with Gasteiger partial charge in [0.2, 0.25) is 0 Å². The van der Waals surface area contributed by atoms with E-state index in [1.807, 2.05) is 48.5 Å². The fourth-order valence-electron chi connectivity index (χ4n) is 3.88. The molecule has 29 heavy (non-hydrogen) atoms. The van der Waals surface area contributed by atoms with Crippen LogP contribution >= 0.6 is 11.6 Å². The summed E-state index contributed by atoms with van der Waals surface area (Å²) in [5.41, 5.74) is 10.5. The Balaban J connectivity index is 1.76. The maximum atomic E-state index is 6.56. The smallest absolute Gasteiger partial charge is 0.172 e. The van der Waals surface area contributed by atoms with Crippen LogP contribution in [0, 0.1) is 0 Å². The van der Waals surface area contributed by atoms with Crippen molar-refractivity contribution in [3.63, 3.8) is 0 Å². The highest BCUT2D eigenvalue weighted by molar-refractivity contribution is 6.35.